The molecule has 0 saturated heterocycles. The monoisotopic (exact) mass is 534 g/mol. The molecule has 0 atom stereocenters. The number of nitro groups is 1. The van der Waals surface area contributed by atoms with Crippen molar-refractivity contribution in [3.8, 4) is 17.2 Å². The number of rotatable bonds is 6. The van der Waals surface area contributed by atoms with E-state index in [1.807, 2.05) is 0 Å². The van der Waals surface area contributed by atoms with Crippen LogP contribution in [0, 0.1) is 15.9 Å². The van der Waals surface area contributed by atoms with Crippen molar-refractivity contribution in [1.82, 2.24) is 13.7 Å². The Morgan fingerprint density at radius 3 is 2.28 bits per heavy atom. The number of hydrogen-bond donors (Lipinski definition) is 1. The maximum absolute atomic E-state index is 14.0. The highest BCUT2D eigenvalue weighted by Gasteiger charge is 2.37. The molecule has 0 aliphatic rings. The van der Waals surface area contributed by atoms with E-state index in [1.165, 1.54) is 0 Å². The molecule has 17 heteroatoms. The van der Waals surface area contributed by atoms with Gasteiger partial charge >= 0.3 is 29.2 Å². The molecule has 1 aromatic heterocycles. The van der Waals surface area contributed by atoms with Gasteiger partial charge in [-0.1, -0.05) is 11.6 Å². The minimum atomic E-state index is -5.11. The Bertz CT molecular complexity index is 1570. The summed E-state index contributed by atoms with van der Waals surface area (Å²) in [5.41, 5.74) is -7.62. The number of carboxylic acids is 1. The fraction of sp³-hybridized carbons (Fsp3) is 0.158. The molecular formula is C19H11ClF4N4O8. The Kier molecular flexibility index (Phi) is 6.75. The summed E-state index contributed by atoms with van der Waals surface area (Å²) in [7, 11) is 0.887. The second kappa shape index (κ2) is 9.29. The van der Waals surface area contributed by atoms with Crippen LogP contribution in [0.25, 0.3) is 5.69 Å². The van der Waals surface area contributed by atoms with Crippen LogP contribution < -0.4 is 21.8 Å². The summed E-state index contributed by atoms with van der Waals surface area (Å²) < 4.78 is 58.6. The Morgan fingerprint density at radius 2 is 1.75 bits per heavy atom. The number of ether oxygens (including phenoxy) is 1. The highest BCUT2D eigenvalue weighted by molar-refractivity contribution is 6.31. The van der Waals surface area contributed by atoms with Crippen molar-refractivity contribution in [2.75, 3.05) is 0 Å². The maximum Gasteiger partial charge on any atom is 0.420 e. The summed E-state index contributed by atoms with van der Waals surface area (Å²) in [5.74, 6) is -4.40. The molecule has 0 spiro atoms. The molecule has 1 heterocycles. The van der Waals surface area contributed by atoms with Gasteiger partial charge in [0.25, 0.3) is 5.69 Å². The van der Waals surface area contributed by atoms with Gasteiger partial charge in [0.05, 0.1) is 9.95 Å². The topological polar surface area (TPSA) is 156 Å². The Morgan fingerprint density at radius 1 is 1.11 bits per heavy atom. The van der Waals surface area contributed by atoms with Gasteiger partial charge < -0.3 is 9.84 Å². The Balaban J connectivity index is 2.23. The Hall–Kier alpha value is -4.47. The molecule has 0 unspecified atom stereocenters. The van der Waals surface area contributed by atoms with Crippen LogP contribution in [-0.4, -0.2) is 29.7 Å². The number of nitro benzene ring substituents is 1. The number of benzene rings is 2. The molecule has 0 fully saturated rings. The summed E-state index contributed by atoms with van der Waals surface area (Å²) in [5, 5.41) is 19.4. The smallest absolute Gasteiger partial charge is 0.420 e. The van der Waals surface area contributed by atoms with Gasteiger partial charge in [0.2, 0.25) is 0 Å². The van der Waals surface area contributed by atoms with Gasteiger partial charge in [-0.25, -0.2) is 32.5 Å². The number of nitrogens with zero attached hydrogens (tertiary/aromatic N) is 4. The van der Waals surface area contributed by atoms with Gasteiger partial charge in [0, 0.05) is 31.3 Å². The quantitative estimate of drug-likeness (QED) is 0.287. The van der Waals surface area contributed by atoms with Gasteiger partial charge in [-0.15, -0.1) is 0 Å². The summed E-state index contributed by atoms with van der Waals surface area (Å²) in [4.78, 5) is 59.2. The number of carboxylic acid groups (broad SMARTS) is 1. The van der Waals surface area contributed by atoms with E-state index < -0.39 is 80.0 Å². The second-order valence-corrected chi connectivity index (χ2v) is 7.40. The van der Waals surface area contributed by atoms with Crippen LogP contribution in [0.1, 0.15) is 5.56 Å². The summed E-state index contributed by atoms with van der Waals surface area (Å²) in [6.07, 6.45) is -5.11. The van der Waals surface area contributed by atoms with Crippen molar-refractivity contribution in [1.29, 1.82) is 0 Å². The number of aromatic nitrogens is 3. The second-order valence-electron chi connectivity index (χ2n) is 6.99. The molecule has 190 valence electrons. The van der Waals surface area contributed by atoms with E-state index in [4.69, 9.17) is 21.4 Å². The van der Waals surface area contributed by atoms with Gasteiger partial charge in [-0.2, -0.15) is 13.2 Å². The lowest BCUT2D eigenvalue weighted by Crippen LogP contribution is -2.53. The molecular weight excluding hydrogens is 524 g/mol. The lowest BCUT2D eigenvalue weighted by atomic mass is 10.2. The third-order valence-electron chi connectivity index (χ3n) is 4.63. The van der Waals surface area contributed by atoms with Crippen molar-refractivity contribution in [2.24, 2.45) is 7.05 Å². The number of alkyl halides is 3. The Labute approximate surface area is 199 Å². The summed E-state index contributed by atoms with van der Waals surface area (Å²) in [6.45, 7) is -1.18. The van der Waals surface area contributed by atoms with E-state index in [-0.39, 0.29) is 9.13 Å². The lowest BCUT2D eigenvalue weighted by Gasteiger charge is -2.14. The van der Waals surface area contributed by atoms with E-state index in [9.17, 15) is 46.9 Å². The zero-order valence-corrected chi connectivity index (χ0v) is 18.3. The molecule has 3 rings (SSSR count). The lowest BCUT2D eigenvalue weighted by molar-refractivity contribution is -0.384. The number of hydrogen-bond acceptors (Lipinski definition) is 7. The molecule has 12 nitrogen and oxygen atoms in total. The van der Waals surface area contributed by atoms with Crippen LogP contribution in [-0.2, 0) is 24.6 Å². The minimum absolute atomic E-state index is 0.131. The van der Waals surface area contributed by atoms with Crippen LogP contribution in [0.4, 0.5) is 23.2 Å². The minimum Gasteiger partial charge on any atom is -0.480 e. The van der Waals surface area contributed by atoms with Crippen LogP contribution in [0.3, 0.4) is 0 Å². The molecule has 0 radical (unpaired) electrons. The molecule has 0 amide bonds. The average molecular weight is 535 g/mol. The van der Waals surface area contributed by atoms with Crippen LogP contribution in [0.5, 0.6) is 11.5 Å². The first-order chi connectivity index (χ1) is 16.6. The van der Waals surface area contributed by atoms with Crippen LogP contribution in [0.15, 0.2) is 44.7 Å². The van der Waals surface area contributed by atoms with Crippen molar-refractivity contribution >= 4 is 23.3 Å². The van der Waals surface area contributed by atoms with E-state index in [2.05, 4.69) is 0 Å². The van der Waals surface area contributed by atoms with Crippen molar-refractivity contribution in [3.05, 3.63) is 88.3 Å². The van der Waals surface area contributed by atoms with Gasteiger partial charge in [-0.3, -0.25) is 14.9 Å². The molecule has 2 aromatic carbocycles. The zero-order valence-electron chi connectivity index (χ0n) is 17.6. The van der Waals surface area contributed by atoms with E-state index in [1.54, 1.807) is 0 Å². The number of aliphatic carboxylic acids is 1. The molecule has 3 aromatic rings. The predicted octanol–water partition coefficient (Wildman–Crippen LogP) is 2.29. The molecule has 0 bridgehead atoms. The summed E-state index contributed by atoms with van der Waals surface area (Å²) in [6, 6.07) is 3.37. The largest absolute Gasteiger partial charge is 0.480 e. The SMILES string of the molecule is Cn1c(=O)n(CC(=O)O)c(=O)n(-c2cc(Oc3cc(F)c(C(F)(F)F)c(Cl)c3)ccc2[N+](=O)[O-])c1=O. The number of halogens is 5. The fourth-order valence-corrected chi connectivity index (χ4v) is 3.39. The van der Waals surface area contributed by atoms with Gasteiger partial charge in [-0.05, 0) is 6.07 Å². The molecule has 0 saturated carbocycles. The third kappa shape index (κ3) is 4.83. The highest BCUT2D eigenvalue weighted by atomic mass is 35.5. The van der Waals surface area contributed by atoms with Crippen molar-refractivity contribution < 1.29 is 37.1 Å². The van der Waals surface area contributed by atoms with Crippen molar-refractivity contribution in [3.63, 3.8) is 0 Å². The summed E-state index contributed by atoms with van der Waals surface area (Å²) >= 11 is 5.51. The standard InChI is InChI=1S/C19H11ClF4N4O8/c1-25-16(31)26(7-14(29)30)18(33)27(17(25)32)13-6-8(2-3-12(13)28(34)35)36-9-4-10(20)15(11(21)5-9)19(22,23)24/h2-6H,7H2,1H3,(H,29,30). The van der Waals surface area contributed by atoms with E-state index in [0.717, 1.165) is 25.2 Å². The maximum atomic E-state index is 14.0. The van der Waals surface area contributed by atoms with E-state index >= 15 is 0 Å². The third-order valence-corrected chi connectivity index (χ3v) is 4.93. The van der Waals surface area contributed by atoms with Crippen LogP contribution >= 0.6 is 11.6 Å². The molecule has 0 aliphatic heterocycles. The predicted molar refractivity (Wildman–Crippen MR) is 112 cm³/mol. The van der Waals surface area contributed by atoms with Crippen molar-refractivity contribution in [2.45, 2.75) is 12.7 Å². The highest BCUT2D eigenvalue weighted by Crippen LogP contribution is 2.39. The zero-order chi connectivity index (χ0) is 27.1. The fourth-order valence-electron chi connectivity index (χ4n) is 3.09. The first kappa shape index (κ1) is 26.1. The van der Waals surface area contributed by atoms with Gasteiger partial charge in [0.15, 0.2) is 0 Å². The van der Waals surface area contributed by atoms with Gasteiger partial charge in [0.1, 0.15) is 35.1 Å². The first-order valence-corrected chi connectivity index (χ1v) is 9.68. The molecule has 1 N–H and O–H groups in total. The normalized spacial score (nSPS) is 11.4. The molecule has 0 aliphatic carbocycles. The van der Waals surface area contributed by atoms with E-state index in [0.29, 0.717) is 16.7 Å². The van der Waals surface area contributed by atoms with Crippen LogP contribution in [0.2, 0.25) is 5.02 Å². The average Bonchev–Trinajstić information content (AvgIpc) is 2.73. The number of carbonyl (C=O) groups is 1. The molecule has 36 heavy (non-hydrogen) atoms. The first-order valence-electron chi connectivity index (χ1n) is 9.31.